The molecule has 0 aromatic rings. The van der Waals surface area contributed by atoms with Crippen LogP contribution in [-0.4, -0.2) is 96.7 Å². The molecule has 0 heterocycles. The van der Waals surface area contributed by atoms with Gasteiger partial charge in [0.25, 0.3) is 0 Å². The average Bonchev–Trinajstić information content (AvgIpc) is 1.07. The molecule has 582 valence electrons. The van der Waals surface area contributed by atoms with Gasteiger partial charge in [0.15, 0.2) is 12.2 Å². The number of carbonyl (C=O) groups is 4. The molecule has 17 nitrogen and oxygen atoms in total. The number of ether oxygens (including phenoxy) is 4. The van der Waals surface area contributed by atoms with Crippen molar-refractivity contribution >= 4 is 39.5 Å². The molecule has 98 heavy (non-hydrogen) atoms. The van der Waals surface area contributed by atoms with E-state index in [4.69, 9.17) is 37.0 Å². The Kier molecular flexibility index (Phi) is 69.3. The van der Waals surface area contributed by atoms with Crippen molar-refractivity contribution in [1.29, 1.82) is 0 Å². The van der Waals surface area contributed by atoms with E-state index in [-0.39, 0.29) is 25.7 Å². The first-order valence-corrected chi connectivity index (χ1v) is 44.0. The quantitative estimate of drug-likeness (QED) is 0.0222. The van der Waals surface area contributed by atoms with E-state index in [1.165, 1.54) is 231 Å². The molecule has 0 fully saturated rings. The van der Waals surface area contributed by atoms with E-state index in [2.05, 4.69) is 41.5 Å². The maximum atomic E-state index is 13.1. The van der Waals surface area contributed by atoms with E-state index in [0.717, 1.165) is 95.8 Å². The lowest BCUT2D eigenvalue weighted by molar-refractivity contribution is -0.161. The summed E-state index contributed by atoms with van der Waals surface area (Å²) in [6.45, 7) is 9.57. The third-order valence-corrected chi connectivity index (χ3v) is 20.4. The zero-order valence-corrected chi connectivity index (χ0v) is 65.9. The summed E-state index contributed by atoms with van der Waals surface area (Å²) in [7, 11) is -9.91. The summed E-state index contributed by atoms with van der Waals surface area (Å²) in [5, 5.41) is 10.6. The normalized spacial score (nSPS) is 13.9. The molecule has 3 N–H and O–H groups in total. The summed E-state index contributed by atoms with van der Waals surface area (Å²) >= 11 is 0. The van der Waals surface area contributed by atoms with Crippen LogP contribution in [0.3, 0.4) is 0 Å². The van der Waals surface area contributed by atoms with Gasteiger partial charge < -0.3 is 33.8 Å². The Morgan fingerprint density at radius 1 is 0.276 bits per heavy atom. The first-order valence-electron chi connectivity index (χ1n) is 41.0. The SMILES string of the molecule is CCCCCCCCCCCCCCCCCCCCCCC(=O)O[C@H](COC(=O)CCCCCCCCCCCCCCCCCC(C)C)COP(=O)(O)OC[C@@H](O)COP(=O)(O)OC[C@@H](COC(=O)CCCCCCCCCCCC)OC(=O)CCCCCCCCCC(C)C. The molecule has 0 aromatic carbocycles. The van der Waals surface area contributed by atoms with Crippen LogP contribution in [-0.2, 0) is 65.4 Å². The van der Waals surface area contributed by atoms with E-state index < -0.39 is 97.5 Å². The molecule has 0 spiro atoms. The molecule has 0 bridgehead atoms. The van der Waals surface area contributed by atoms with Crippen molar-refractivity contribution < 1.29 is 80.2 Å². The minimum absolute atomic E-state index is 0.104. The summed E-state index contributed by atoms with van der Waals surface area (Å²) in [6.07, 6.45) is 59.9. The number of esters is 4. The van der Waals surface area contributed by atoms with Gasteiger partial charge in [0, 0.05) is 25.7 Å². The molecule has 0 aliphatic carbocycles. The second-order valence-corrected chi connectivity index (χ2v) is 32.3. The number of hydrogen-bond donors (Lipinski definition) is 3. The van der Waals surface area contributed by atoms with Crippen LogP contribution in [0.15, 0.2) is 0 Å². The van der Waals surface area contributed by atoms with E-state index in [0.29, 0.717) is 31.6 Å². The van der Waals surface area contributed by atoms with Crippen LogP contribution in [0.5, 0.6) is 0 Å². The van der Waals surface area contributed by atoms with E-state index in [1.807, 2.05) is 0 Å². The molecule has 2 unspecified atom stereocenters. The molecule has 0 amide bonds. The third kappa shape index (κ3) is 72.4. The van der Waals surface area contributed by atoms with Gasteiger partial charge in [-0.05, 0) is 37.5 Å². The van der Waals surface area contributed by atoms with Crippen molar-refractivity contribution in [2.45, 2.75) is 432 Å². The van der Waals surface area contributed by atoms with Crippen LogP contribution in [0.1, 0.15) is 414 Å². The van der Waals surface area contributed by atoms with Gasteiger partial charge in [-0.2, -0.15) is 0 Å². The molecule has 19 heteroatoms. The van der Waals surface area contributed by atoms with Gasteiger partial charge in [-0.3, -0.25) is 37.3 Å². The highest BCUT2D eigenvalue weighted by Gasteiger charge is 2.30. The first-order chi connectivity index (χ1) is 47.4. The van der Waals surface area contributed by atoms with Crippen molar-refractivity contribution in [3.63, 3.8) is 0 Å². The van der Waals surface area contributed by atoms with Gasteiger partial charge >= 0.3 is 39.5 Å². The highest BCUT2D eigenvalue weighted by molar-refractivity contribution is 7.47. The van der Waals surface area contributed by atoms with Gasteiger partial charge in [0.2, 0.25) is 0 Å². The molecular weight excluding hydrogens is 1280 g/mol. The Balaban J connectivity index is 5.20. The first kappa shape index (κ1) is 96.1. The summed E-state index contributed by atoms with van der Waals surface area (Å²) in [4.78, 5) is 72.8. The molecule has 0 radical (unpaired) electrons. The van der Waals surface area contributed by atoms with Crippen LogP contribution < -0.4 is 0 Å². The van der Waals surface area contributed by atoms with Gasteiger partial charge in [-0.15, -0.1) is 0 Å². The monoisotopic (exact) mass is 1440 g/mol. The number of aliphatic hydroxyl groups excluding tert-OH is 1. The second kappa shape index (κ2) is 70.7. The summed E-state index contributed by atoms with van der Waals surface area (Å²) in [5.41, 5.74) is 0. The van der Waals surface area contributed by atoms with Crippen molar-refractivity contribution in [2.24, 2.45) is 11.8 Å². The number of unbranched alkanes of at least 4 members (excludes halogenated alkanes) is 48. The summed E-state index contributed by atoms with van der Waals surface area (Å²) in [6, 6.07) is 0. The number of rotatable bonds is 78. The smallest absolute Gasteiger partial charge is 0.462 e. The van der Waals surface area contributed by atoms with Crippen LogP contribution in [0.2, 0.25) is 0 Å². The van der Waals surface area contributed by atoms with Gasteiger partial charge in [-0.25, -0.2) is 9.13 Å². The van der Waals surface area contributed by atoms with Crippen LogP contribution in [0, 0.1) is 11.8 Å². The molecule has 0 aromatic heterocycles. The van der Waals surface area contributed by atoms with Crippen molar-refractivity contribution in [2.75, 3.05) is 39.6 Å². The predicted octanol–water partition coefficient (Wildman–Crippen LogP) is 23.5. The molecule has 5 atom stereocenters. The minimum atomic E-state index is -4.96. The zero-order chi connectivity index (χ0) is 72.1. The highest BCUT2D eigenvalue weighted by Crippen LogP contribution is 2.45. The van der Waals surface area contributed by atoms with Gasteiger partial charge in [0.05, 0.1) is 26.4 Å². The van der Waals surface area contributed by atoms with Crippen LogP contribution in [0.4, 0.5) is 0 Å². The van der Waals surface area contributed by atoms with Crippen molar-refractivity contribution in [3.05, 3.63) is 0 Å². The van der Waals surface area contributed by atoms with Gasteiger partial charge in [-0.1, -0.05) is 363 Å². The average molecular weight is 1440 g/mol. The van der Waals surface area contributed by atoms with E-state index in [1.54, 1.807) is 0 Å². The lowest BCUT2D eigenvalue weighted by Crippen LogP contribution is -2.30. The minimum Gasteiger partial charge on any atom is -0.462 e. The lowest BCUT2D eigenvalue weighted by Gasteiger charge is -2.21. The van der Waals surface area contributed by atoms with Gasteiger partial charge in [0.1, 0.15) is 19.3 Å². The third-order valence-electron chi connectivity index (χ3n) is 18.5. The topological polar surface area (TPSA) is 237 Å². The second-order valence-electron chi connectivity index (χ2n) is 29.4. The number of phosphoric acid groups is 2. The van der Waals surface area contributed by atoms with E-state index >= 15 is 0 Å². The number of aliphatic hydroxyl groups is 1. The molecular formula is C79H154O17P2. The molecule has 0 rings (SSSR count). The van der Waals surface area contributed by atoms with Crippen LogP contribution in [0.25, 0.3) is 0 Å². The fourth-order valence-corrected chi connectivity index (χ4v) is 13.8. The van der Waals surface area contributed by atoms with Crippen molar-refractivity contribution in [1.82, 2.24) is 0 Å². The fraction of sp³-hybridized carbons (Fsp3) is 0.949. The Labute approximate surface area is 600 Å². The lowest BCUT2D eigenvalue weighted by atomic mass is 10.0. The maximum absolute atomic E-state index is 13.1. The summed E-state index contributed by atoms with van der Waals surface area (Å²) < 4.78 is 68.6. The standard InChI is InChI=1S/C79H154O17P2/c1-7-9-11-13-15-17-19-20-21-22-23-24-25-28-32-35-39-45-51-57-63-78(83)95-74(67-90-77(82)62-56-50-44-38-34-31-29-26-27-30-33-36-41-47-53-59-71(3)4)69-93-97(85,86)91-65-73(80)66-92-98(87,88)94-70-75(96-79(84)64-58-52-46-40-42-48-54-60-72(5)6)68-89-76(81)61-55-49-43-37-18-16-14-12-10-8-2/h71-75,80H,7-70H2,1-6H3,(H,85,86)(H,87,88)/t73-,74-,75-/m1/s1. The summed E-state index contributed by atoms with van der Waals surface area (Å²) in [5.74, 6) is -0.613. The Hall–Kier alpha value is -1.94. The molecule has 0 aliphatic heterocycles. The number of phosphoric ester groups is 2. The fourth-order valence-electron chi connectivity index (χ4n) is 12.2. The van der Waals surface area contributed by atoms with E-state index in [9.17, 15) is 43.2 Å². The van der Waals surface area contributed by atoms with Crippen LogP contribution >= 0.6 is 15.6 Å². The largest absolute Gasteiger partial charge is 0.472 e. The number of carbonyl (C=O) groups excluding carboxylic acids is 4. The predicted molar refractivity (Wildman–Crippen MR) is 400 cm³/mol. The molecule has 0 saturated heterocycles. The molecule has 0 aliphatic rings. The Bertz CT molecular complexity index is 1890. The highest BCUT2D eigenvalue weighted by atomic mass is 31.2. The zero-order valence-electron chi connectivity index (χ0n) is 64.1. The van der Waals surface area contributed by atoms with Crippen molar-refractivity contribution in [3.8, 4) is 0 Å². The number of hydrogen-bond acceptors (Lipinski definition) is 15. The Morgan fingerprint density at radius 2 is 0.469 bits per heavy atom. The Morgan fingerprint density at radius 3 is 0.694 bits per heavy atom. The maximum Gasteiger partial charge on any atom is 0.472 e. The molecule has 0 saturated carbocycles.